The summed E-state index contributed by atoms with van der Waals surface area (Å²) in [5, 5.41) is 10.9. The molecular formula is C12H10F3N5O2. The van der Waals surface area contributed by atoms with Gasteiger partial charge < -0.3 is 4.74 Å². The molecule has 0 spiro atoms. The van der Waals surface area contributed by atoms with E-state index >= 15 is 0 Å². The maximum atomic E-state index is 14.0. The van der Waals surface area contributed by atoms with Gasteiger partial charge >= 0.3 is 6.61 Å². The molecule has 0 atom stereocenters. The van der Waals surface area contributed by atoms with Crippen LogP contribution in [0.1, 0.15) is 16.8 Å². The molecule has 0 saturated carbocycles. The second-order valence-electron chi connectivity index (χ2n) is 4.53. The highest BCUT2D eigenvalue weighted by atomic mass is 19.3. The van der Waals surface area contributed by atoms with E-state index in [0.29, 0.717) is 19.5 Å². The molecule has 0 unspecified atom stereocenters. The first-order valence-electron chi connectivity index (χ1n) is 6.38. The molecule has 0 radical (unpaired) electrons. The second kappa shape index (κ2) is 5.62. The van der Waals surface area contributed by atoms with Gasteiger partial charge in [-0.15, -0.1) is 0 Å². The molecule has 22 heavy (non-hydrogen) atoms. The number of tetrazole rings is 1. The lowest BCUT2D eigenvalue weighted by Gasteiger charge is -2.25. The number of aromatic nitrogens is 4. The smallest absolute Gasteiger partial charge is 0.387 e. The fourth-order valence-electron chi connectivity index (χ4n) is 2.20. The fraction of sp³-hybridized carbons (Fsp3) is 0.333. The molecule has 1 amide bonds. The summed E-state index contributed by atoms with van der Waals surface area (Å²) in [5.41, 5.74) is -0.266. The van der Waals surface area contributed by atoms with Crippen LogP contribution in [0.5, 0.6) is 5.75 Å². The number of benzene rings is 1. The summed E-state index contributed by atoms with van der Waals surface area (Å²) in [4.78, 5) is 13.6. The SMILES string of the molecule is O=C(c1ccc(OC(F)F)cc1F)N1CCCn2nnnc21. The van der Waals surface area contributed by atoms with E-state index in [-0.39, 0.29) is 17.3 Å². The van der Waals surface area contributed by atoms with Gasteiger partial charge in [0.05, 0.1) is 5.56 Å². The zero-order valence-electron chi connectivity index (χ0n) is 11.1. The molecule has 7 nitrogen and oxygen atoms in total. The Bertz CT molecular complexity index is 706. The molecule has 116 valence electrons. The van der Waals surface area contributed by atoms with Crippen molar-refractivity contribution in [3.05, 3.63) is 29.6 Å². The molecule has 1 aliphatic heterocycles. The monoisotopic (exact) mass is 313 g/mol. The minimum atomic E-state index is -3.06. The Kier molecular flexibility index (Phi) is 3.65. The molecule has 0 N–H and O–H groups in total. The summed E-state index contributed by atoms with van der Waals surface area (Å²) in [7, 11) is 0. The number of ether oxygens (including phenoxy) is 1. The van der Waals surface area contributed by atoms with E-state index in [1.807, 2.05) is 0 Å². The highest BCUT2D eigenvalue weighted by molar-refractivity contribution is 6.05. The van der Waals surface area contributed by atoms with Crippen LogP contribution in [0.3, 0.4) is 0 Å². The molecule has 0 saturated heterocycles. The van der Waals surface area contributed by atoms with Gasteiger partial charge in [-0.1, -0.05) is 5.10 Å². The summed E-state index contributed by atoms with van der Waals surface area (Å²) in [6, 6.07) is 2.94. The number of nitrogens with zero attached hydrogens (tertiary/aromatic N) is 5. The number of anilines is 1. The third-order valence-corrected chi connectivity index (χ3v) is 3.15. The van der Waals surface area contributed by atoms with E-state index < -0.39 is 18.3 Å². The zero-order valence-corrected chi connectivity index (χ0v) is 11.1. The van der Waals surface area contributed by atoms with E-state index in [1.54, 1.807) is 0 Å². The lowest BCUT2D eigenvalue weighted by Crippen LogP contribution is -2.38. The maximum absolute atomic E-state index is 14.0. The number of fused-ring (bicyclic) bond motifs is 1. The molecule has 10 heteroatoms. The van der Waals surface area contributed by atoms with E-state index in [9.17, 15) is 18.0 Å². The van der Waals surface area contributed by atoms with E-state index in [1.165, 1.54) is 9.58 Å². The van der Waals surface area contributed by atoms with E-state index in [4.69, 9.17) is 0 Å². The van der Waals surface area contributed by atoms with Crippen LogP contribution in [0.2, 0.25) is 0 Å². The van der Waals surface area contributed by atoms with Gasteiger partial charge in [-0.05, 0) is 29.0 Å². The maximum Gasteiger partial charge on any atom is 0.387 e. The van der Waals surface area contributed by atoms with Crippen LogP contribution in [0.15, 0.2) is 18.2 Å². The van der Waals surface area contributed by atoms with Crippen molar-refractivity contribution in [3.8, 4) is 5.75 Å². The predicted octanol–water partition coefficient (Wildman–Crippen LogP) is 1.46. The number of carbonyl (C=O) groups excluding carboxylic acids is 1. The quantitative estimate of drug-likeness (QED) is 0.858. The Morgan fingerprint density at radius 1 is 1.32 bits per heavy atom. The number of alkyl halides is 2. The zero-order chi connectivity index (χ0) is 15.7. The van der Waals surface area contributed by atoms with Crippen LogP contribution < -0.4 is 9.64 Å². The Labute approximate surface area is 122 Å². The van der Waals surface area contributed by atoms with Crippen molar-refractivity contribution in [3.63, 3.8) is 0 Å². The molecule has 0 fully saturated rings. The summed E-state index contributed by atoms with van der Waals surface area (Å²) in [6.45, 7) is -2.16. The third-order valence-electron chi connectivity index (χ3n) is 3.15. The van der Waals surface area contributed by atoms with Gasteiger partial charge in [0.25, 0.3) is 11.9 Å². The summed E-state index contributed by atoms with van der Waals surface area (Å²) < 4.78 is 43.7. The minimum Gasteiger partial charge on any atom is -0.435 e. The predicted molar refractivity (Wildman–Crippen MR) is 67.1 cm³/mol. The molecule has 0 bridgehead atoms. The van der Waals surface area contributed by atoms with Crippen molar-refractivity contribution in [2.75, 3.05) is 11.4 Å². The number of halogens is 3. The fourth-order valence-corrected chi connectivity index (χ4v) is 2.20. The second-order valence-corrected chi connectivity index (χ2v) is 4.53. The van der Waals surface area contributed by atoms with Crippen LogP contribution in [-0.2, 0) is 6.54 Å². The highest BCUT2D eigenvalue weighted by Crippen LogP contribution is 2.23. The molecular weight excluding hydrogens is 303 g/mol. The Balaban J connectivity index is 1.87. The number of hydrogen-bond donors (Lipinski definition) is 0. The summed E-state index contributed by atoms with van der Waals surface area (Å²) in [6.07, 6.45) is 0.623. The van der Waals surface area contributed by atoms with Crippen LogP contribution in [0.4, 0.5) is 19.1 Å². The molecule has 1 aromatic heterocycles. The molecule has 2 heterocycles. The third kappa shape index (κ3) is 2.59. The largest absolute Gasteiger partial charge is 0.435 e. The number of aryl methyl sites for hydroxylation is 1. The lowest BCUT2D eigenvalue weighted by atomic mass is 10.1. The average molecular weight is 313 g/mol. The molecule has 2 aromatic rings. The standard InChI is InChI=1S/C12H10F3N5O2/c13-9-6-7(22-11(14)15)2-3-8(9)10(21)19-4-1-5-20-12(19)16-17-18-20/h2-3,6,11H,1,4-5H2. The first kappa shape index (κ1) is 14.3. The van der Waals surface area contributed by atoms with Crippen molar-refractivity contribution in [2.24, 2.45) is 0 Å². The minimum absolute atomic E-state index is 0.226. The number of carbonyl (C=O) groups is 1. The Morgan fingerprint density at radius 2 is 2.14 bits per heavy atom. The van der Waals surface area contributed by atoms with Crippen LogP contribution in [-0.4, -0.2) is 39.3 Å². The molecule has 0 aliphatic carbocycles. The molecule has 3 rings (SSSR count). The van der Waals surface area contributed by atoms with Gasteiger partial charge in [0.2, 0.25) is 0 Å². The van der Waals surface area contributed by atoms with Gasteiger partial charge in [-0.2, -0.15) is 8.78 Å². The number of hydrogen-bond acceptors (Lipinski definition) is 5. The first-order valence-corrected chi connectivity index (χ1v) is 6.38. The topological polar surface area (TPSA) is 73.1 Å². The van der Waals surface area contributed by atoms with Crippen molar-refractivity contribution in [2.45, 2.75) is 19.6 Å². The number of rotatable bonds is 3. The van der Waals surface area contributed by atoms with Gasteiger partial charge in [-0.25, -0.2) is 9.07 Å². The van der Waals surface area contributed by atoms with Gasteiger partial charge in [0.15, 0.2) is 0 Å². The van der Waals surface area contributed by atoms with Crippen molar-refractivity contribution in [1.82, 2.24) is 20.2 Å². The summed E-state index contributed by atoms with van der Waals surface area (Å²) >= 11 is 0. The summed E-state index contributed by atoms with van der Waals surface area (Å²) in [5.74, 6) is -1.72. The van der Waals surface area contributed by atoms with Crippen LogP contribution in [0.25, 0.3) is 0 Å². The average Bonchev–Trinajstić information content (AvgIpc) is 2.94. The normalized spacial score (nSPS) is 14.1. The van der Waals surface area contributed by atoms with Gasteiger partial charge in [0.1, 0.15) is 11.6 Å². The van der Waals surface area contributed by atoms with Crippen LogP contribution in [0, 0.1) is 5.82 Å². The first-order chi connectivity index (χ1) is 10.6. The number of amides is 1. The Morgan fingerprint density at radius 3 is 2.86 bits per heavy atom. The van der Waals surface area contributed by atoms with Crippen molar-refractivity contribution in [1.29, 1.82) is 0 Å². The highest BCUT2D eigenvalue weighted by Gasteiger charge is 2.28. The lowest BCUT2D eigenvalue weighted by molar-refractivity contribution is -0.0499. The molecule has 1 aliphatic rings. The molecule has 1 aromatic carbocycles. The van der Waals surface area contributed by atoms with E-state index in [2.05, 4.69) is 20.3 Å². The Hall–Kier alpha value is -2.65. The van der Waals surface area contributed by atoms with Crippen molar-refractivity contribution < 1.29 is 22.7 Å². The van der Waals surface area contributed by atoms with E-state index in [0.717, 1.165) is 18.2 Å². The van der Waals surface area contributed by atoms with Crippen molar-refractivity contribution >= 4 is 11.9 Å². The van der Waals surface area contributed by atoms with Gasteiger partial charge in [0, 0.05) is 19.2 Å². The van der Waals surface area contributed by atoms with Gasteiger partial charge in [-0.3, -0.25) is 9.69 Å². The van der Waals surface area contributed by atoms with Crippen LogP contribution >= 0.6 is 0 Å².